The molecule has 0 radical (unpaired) electrons. The number of pyridine rings is 1. The molecule has 2 aromatic heterocycles. The summed E-state index contributed by atoms with van der Waals surface area (Å²) in [5.74, 6) is 0. The second-order valence-corrected chi connectivity index (χ2v) is 5.22. The standard InChI is InChI=1S/C14H21N5O3/c1-9-12-5-10(6-15-13(12)19(3)17-9)16-14(21)18(2)7-11(20)8-22-4/h5-6,11,20H,7-8H2,1-4H3,(H,16,21). The average Bonchev–Trinajstić information content (AvgIpc) is 2.74. The second kappa shape index (κ2) is 6.71. The van der Waals surface area contributed by atoms with Gasteiger partial charge in [0, 0.05) is 26.6 Å². The normalized spacial score (nSPS) is 12.4. The van der Waals surface area contributed by atoms with E-state index in [9.17, 15) is 9.90 Å². The van der Waals surface area contributed by atoms with E-state index in [-0.39, 0.29) is 19.2 Å². The van der Waals surface area contributed by atoms with Crippen LogP contribution in [0, 0.1) is 6.92 Å². The SMILES string of the molecule is COCC(O)CN(C)C(=O)Nc1cnc2c(c1)c(C)nn2C. The molecule has 1 unspecified atom stereocenters. The molecule has 0 aliphatic carbocycles. The third kappa shape index (κ3) is 3.52. The fourth-order valence-corrected chi connectivity index (χ4v) is 2.24. The third-order valence-electron chi connectivity index (χ3n) is 3.30. The second-order valence-electron chi connectivity index (χ2n) is 5.22. The highest BCUT2D eigenvalue weighted by Crippen LogP contribution is 2.19. The first-order valence-corrected chi connectivity index (χ1v) is 6.91. The van der Waals surface area contributed by atoms with Crippen molar-refractivity contribution in [1.82, 2.24) is 19.7 Å². The molecule has 0 saturated heterocycles. The van der Waals surface area contributed by atoms with E-state index in [4.69, 9.17) is 4.74 Å². The predicted octanol–water partition coefficient (Wildman–Crippen LogP) is 0.748. The van der Waals surface area contributed by atoms with E-state index in [0.717, 1.165) is 16.7 Å². The van der Waals surface area contributed by atoms with Gasteiger partial charge in [0.1, 0.15) is 0 Å². The molecule has 120 valence electrons. The highest BCUT2D eigenvalue weighted by Gasteiger charge is 2.15. The van der Waals surface area contributed by atoms with Gasteiger partial charge in [0.25, 0.3) is 0 Å². The van der Waals surface area contributed by atoms with Crippen molar-refractivity contribution in [3.63, 3.8) is 0 Å². The smallest absolute Gasteiger partial charge is 0.321 e. The molecule has 2 amide bonds. The number of anilines is 1. The van der Waals surface area contributed by atoms with Crippen molar-refractivity contribution in [3.8, 4) is 0 Å². The maximum absolute atomic E-state index is 12.1. The molecule has 0 bridgehead atoms. The lowest BCUT2D eigenvalue weighted by Gasteiger charge is -2.20. The number of nitrogens with zero attached hydrogens (tertiary/aromatic N) is 4. The zero-order chi connectivity index (χ0) is 16.3. The van der Waals surface area contributed by atoms with Gasteiger partial charge in [0.15, 0.2) is 5.65 Å². The van der Waals surface area contributed by atoms with Crippen LogP contribution in [0.15, 0.2) is 12.3 Å². The Bertz CT molecular complexity index is 670. The number of fused-ring (bicyclic) bond motifs is 1. The van der Waals surface area contributed by atoms with Crippen molar-refractivity contribution in [3.05, 3.63) is 18.0 Å². The lowest BCUT2D eigenvalue weighted by atomic mass is 10.2. The Hall–Kier alpha value is -2.19. The first-order valence-electron chi connectivity index (χ1n) is 6.91. The Kier molecular flexibility index (Phi) is 4.94. The van der Waals surface area contributed by atoms with Crippen molar-refractivity contribution in [2.75, 3.05) is 32.6 Å². The summed E-state index contributed by atoms with van der Waals surface area (Å²) in [4.78, 5) is 17.8. The number of rotatable bonds is 5. The van der Waals surface area contributed by atoms with Gasteiger partial charge in [0.2, 0.25) is 0 Å². The van der Waals surface area contributed by atoms with E-state index in [2.05, 4.69) is 15.4 Å². The molecule has 0 saturated carbocycles. The number of hydrogen-bond donors (Lipinski definition) is 2. The van der Waals surface area contributed by atoms with Gasteiger partial charge in [-0.1, -0.05) is 0 Å². The maximum atomic E-state index is 12.1. The molecule has 2 N–H and O–H groups in total. The van der Waals surface area contributed by atoms with E-state index in [1.807, 2.05) is 20.0 Å². The minimum absolute atomic E-state index is 0.181. The van der Waals surface area contributed by atoms with E-state index in [1.54, 1.807) is 17.9 Å². The summed E-state index contributed by atoms with van der Waals surface area (Å²) >= 11 is 0. The van der Waals surface area contributed by atoms with Crippen LogP contribution in [0.5, 0.6) is 0 Å². The predicted molar refractivity (Wildman–Crippen MR) is 82.8 cm³/mol. The van der Waals surface area contributed by atoms with Crippen LogP contribution in [-0.2, 0) is 11.8 Å². The summed E-state index contributed by atoms with van der Waals surface area (Å²) in [5, 5.41) is 17.6. The zero-order valence-corrected chi connectivity index (χ0v) is 13.2. The Balaban J connectivity index is 2.06. The molecule has 2 rings (SSSR count). The highest BCUT2D eigenvalue weighted by atomic mass is 16.5. The summed E-state index contributed by atoms with van der Waals surface area (Å²) in [7, 11) is 4.93. The zero-order valence-electron chi connectivity index (χ0n) is 13.2. The molecule has 8 nitrogen and oxygen atoms in total. The number of nitrogens with one attached hydrogen (secondary N) is 1. The molecule has 0 aromatic carbocycles. The van der Waals surface area contributed by atoms with Crippen LogP contribution in [-0.4, -0.2) is 64.2 Å². The number of aromatic nitrogens is 3. The molecule has 0 spiro atoms. The number of likely N-dealkylation sites (N-methyl/N-ethyl adjacent to an activating group) is 1. The van der Waals surface area contributed by atoms with Crippen molar-refractivity contribution in [1.29, 1.82) is 0 Å². The molecular formula is C14H21N5O3. The lowest BCUT2D eigenvalue weighted by Crippen LogP contribution is -2.38. The van der Waals surface area contributed by atoms with E-state index in [0.29, 0.717) is 5.69 Å². The van der Waals surface area contributed by atoms with Crippen LogP contribution >= 0.6 is 0 Å². The molecule has 1 atom stereocenters. The Labute approximate surface area is 128 Å². The number of aliphatic hydroxyl groups excluding tert-OH is 1. The van der Waals surface area contributed by atoms with E-state index < -0.39 is 6.10 Å². The van der Waals surface area contributed by atoms with Gasteiger partial charge < -0.3 is 20.1 Å². The van der Waals surface area contributed by atoms with Gasteiger partial charge in [-0.2, -0.15) is 5.10 Å². The van der Waals surface area contributed by atoms with Crippen LogP contribution < -0.4 is 5.32 Å². The number of amides is 2. The summed E-state index contributed by atoms with van der Waals surface area (Å²) in [6.07, 6.45) is 0.864. The number of hydrogen-bond acceptors (Lipinski definition) is 5. The summed E-state index contributed by atoms with van der Waals surface area (Å²) in [5.41, 5.74) is 2.20. The quantitative estimate of drug-likeness (QED) is 0.850. The molecule has 22 heavy (non-hydrogen) atoms. The van der Waals surface area contributed by atoms with Crippen LogP contribution in [0.3, 0.4) is 0 Å². The Morgan fingerprint density at radius 2 is 2.32 bits per heavy atom. The van der Waals surface area contributed by atoms with Crippen molar-refractivity contribution < 1.29 is 14.6 Å². The first kappa shape index (κ1) is 16.2. The number of carbonyl (C=O) groups excluding carboxylic acids is 1. The molecular weight excluding hydrogens is 286 g/mol. The number of methoxy groups -OCH3 is 1. The fourth-order valence-electron chi connectivity index (χ4n) is 2.24. The van der Waals surface area contributed by atoms with E-state index in [1.165, 1.54) is 12.0 Å². The lowest BCUT2D eigenvalue weighted by molar-refractivity contribution is 0.0501. The number of aliphatic hydroxyl groups is 1. The fraction of sp³-hybridized carbons (Fsp3) is 0.500. The molecule has 8 heteroatoms. The van der Waals surface area contributed by atoms with Crippen molar-refractivity contribution in [2.24, 2.45) is 7.05 Å². The van der Waals surface area contributed by atoms with Gasteiger partial charge in [-0.15, -0.1) is 0 Å². The Morgan fingerprint density at radius 3 is 3.00 bits per heavy atom. The molecule has 2 aromatic rings. The average molecular weight is 307 g/mol. The minimum atomic E-state index is -0.720. The van der Waals surface area contributed by atoms with Gasteiger partial charge in [0.05, 0.1) is 36.8 Å². The van der Waals surface area contributed by atoms with E-state index >= 15 is 0 Å². The summed E-state index contributed by atoms with van der Waals surface area (Å²) < 4.78 is 6.54. The van der Waals surface area contributed by atoms with Gasteiger partial charge >= 0.3 is 6.03 Å². The first-order chi connectivity index (χ1) is 10.4. The van der Waals surface area contributed by atoms with Crippen molar-refractivity contribution >= 4 is 22.8 Å². The van der Waals surface area contributed by atoms with Gasteiger partial charge in [-0.05, 0) is 13.0 Å². The largest absolute Gasteiger partial charge is 0.389 e. The number of urea groups is 1. The minimum Gasteiger partial charge on any atom is -0.389 e. The van der Waals surface area contributed by atoms with Gasteiger partial charge in [-0.3, -0.25) is 4.68 Å². The summed E-state index contributed by atoms with van der Waals surface area (Å²) in [6.45, 7) is 2.25. The monoisotopic (exact) mass is 307 g/mol. The van der Waals surface area contributed by atoms with Crippen LogP contribution in [0.2, 0.25) is 0 Å². The van der Waals surface area contributed by atoms with Gasteiger partial charge in [-0.25, -0.2) is 9.78 Å². The van der Waals surface area contributed by atoms with Crippen LogP contribution in [0.1, 0.15) is 5.69 Å². The highest BCUT2D eigenvalue weighted by molar-refractivity contribution is 5.91. The molecule has 0 aliphatic heterocycles. The van der Waals surface area contributed by atoms with Crippen molar-refractivity contribution in [2.45, 2.75) is 13.0 Å². The van der Waals surface area contributed by atoms with Crippen LogP contribution in [0.4, 0.5) is 10.5 Å². The number of ether oxygens (including phenoxy) is 1. The number of aryl methyl sites for hydroxylation is 2. The summed E-state index contributed by atoms with van der Waals surface area (Å²) in [6, 6.07) is 1.51. The van der Waals surface area contributed by atoms with Crippen LogP contribution in [0.25, 0.3) is 11.0 Å². The Morgan fingerprint density at radius 1 is 1.59 bits per heavy atom. The maximum Gasteiger partial charge on any atom is 0.321 e. The topological polar surface area (TPSA) is 92.5 Å². The molecule has 0 fully saturated rings. The third-order valence-corrected chi connectivity index (χ3v) is 3.30. The number of carbonyl (C=O) groups is 1. The molecule has 0 aliphatic rings. The molecule has 2 heterocycles.